The average molecular weight is 231 g/mol. The molecule has 0 aliphatic carbocycles. The predicted molar refractivity (Wildman–Crippen MR) is 65.2 cm³/mol. The Hall–Kier alpha value is -2.10. The fourth-order valence-corrected chi connectivity index (χ4v) is 1.64. The van der Waals surface area contributed by atoms with E-state index in [1.54, 1.807) is 25.2 Å². The fourth-order valence-electron chi connectivity index (χ4n) is 1.64. The highest BCUT2D eigenvalue weighted by Crippen LogP contribution is 2.17. The highest BCUT2D eigenvalue weighted by Gasteiger charge is 2.12. The largest absolute Gasteiger partial charge is 0.419 e. The molecule has 0 spiro atoms. The number of carbonyl (C=O) groups excluding carboxylic acids is 1. The van der Waals surface area contributed by atoms with Crippen LogP contribution in [0.3, 0.4) is 0 Å². The highest BCUT2D eigenvalue weighted by molar-refractivity contribution is 6.09. The number of carbonyl (C=O) groups is 1. The first-order valence-electron chi connectivity index (χ1n) is 5.36. The van der Waals surface area contributed by atoms with Crippen LogP contribution in [0, 0.1) is 0 Å². The number of oxazole rings is 1. The molecule has 4 heteroatoms. The second kappa shape index (κ2) is 4.05. The number of hydrogen-bond acceptors (Lipinski definition) is 3. The van der Waals surface area contributed by atoms with E-state index in [9.17, 15) is 9.59 Å². The van der Waals surface area contributed by atoms with E-state index in [2.05, 4.69) is 6.58 Å². The van der Waals surface area contributed by atoms with Crippen molar-refractivity contribution in [1.29, 1.82) is 0 Å². The molecule has 17 heavy (non-hydrogen) atoms. The Morgan fingerprint density at radius 3 is 2.82 bits per heavy atom. The van der Waals surface area contributed by atoms with Crippen LogP contribution in [0.25, 0.3) is 11.1 Å². The molecule has 2 aromatic rings. The van der Waals surface area contributed by atoms with E-state index in [1.807, 2.05) is 6.92 Å². The normalized spacial score (nSPS) is 10.7. The minimum absolute atomic E-state index is 0.110. The van der Waals surface area contributed by atoms with Gasteiger partial charge in [0.05, 0.1) is 5.52 Å². The van der Waals surface area contributed by atoms with Gasteiger partial charge in [-0.3, -0.25) is 9.36 Å². The van der Waals surface area contributed by atoms with Crippen molar-refractivity contribution in [2.45, 2.75) is 13.3 Å². The SMILES string of the molecule is C=C(CC)C(=O)c1ccc2c(c1)oc(=O)n2C. The van der Waals surface area contributed by atoms with E-state index >= 15 is 0 Å². The van der Waals surface area contributed by atoms with Gasteiger partial charge in [0.1, 0.15) is 0 Å². The van der Waals surface area contributed by atoms with E-state index < -0.39 is 5.76 Å². The van der Waals surface area contributed by atoms with Crippen LogP contribution in [-0.4, -0.2) is 10.4 Å². The summed E-state index contributed by atoms with van der Waals surface area (Å²) < 4.78 is 6.43. The third kappa shape index (κ3) is 1.82. The lowest BCUT2D eigenvalue weighted by atomic mass is 10.0. The lowest BCUT2D eigenvalue weighted by Crippen LogP contribution is -2.08. The molecule has 0 aliphatic rings. The lowest BCUT2D eigenvalue weighted by Gasteiger charge is -2.01. The minimum atomic E-state index is -0.432. The van der Waals surface area contributed by atoms with Gasteiger partial charge in [-0.25, -0.2) is 4.79 Å². The maximum atomic E-state index is 11.9. The van der Waals surface area contributed by atoms with Gasteiger partial charge in [0.2, 0.25) is 0 Å². The van der Waals surface area contributed by atoms with Crippen molar-refractivity contribution in [2.24, 2.45) is 7.05 Å². The molecule has 0 aliphatic heterocycles. The van der Waals surface area contributed by atoms with Gasteiger partial charge >= 0.3 is 5.76 Å². The van der Waals surface area contributed by atoms with Crippen molar-refractivity contribution in [3.05, 3.63) is 46.5 Å². The number of Topliss-reactive ketones (excluding diaryl/α,β-unsaturated/α-hetero) is 1. The maximum absolute atomic E-state index is 11.9. The van der Waals surface area contributed by atoms with Gasteiger partial charge in [-0.05, 0) is 30.2 Å². The van der Waals surface area contributed by atoms with Crippen molar-refractivity contribution in [3.63, 3.8) is 0 Å². The molecule has 0 bridgehead atoms. The van der Waals surface area contributed by atoms with Crippen LogP contribution in [0.5, 0.6) is 0 Å². The van der Waals surface area contributed by atoms with Crippen molar-refractivity contribution < 1.29 is 9.21 Å². The van der Waals surface area contributed by atoms with Crippen molar-refractivity contribution >= 4 is 16.9 Å². The third-order valence-electron chi connectivity index (χ3n) is 2.80. The van der Waals surface area contributed by atoms with Gasteiger partial charge in [0.15, 0.2) is 11.4 Å². The number of rotatable bonds is 3. The zero-order valence-electron chi connectivity index (χ0n) is 9.82. The molecule has 0 saturated carbocycles. The maximum Gasteiger partial charge on any atom is 0.419 e. The van der Waals surface area contributed by atoms with Gasteiger partial charge in [0, 0.05) is 12.6 Å². The van der Waals surface area contributed by atoms with Crippen LogP contribution in [0.1, 0.15) is 23.7 Å². The molecule has 88 valence electrons. The second-order valence-electron chi connectivity index (χ2n) is 3.90. The first-order valence-corrected chi connectivity index (χ1v) is 5.36. The third-order valence-corrected chi connectivity index (χ3v) is 2.80. The Morgan fingerprint density at radius 1 is 1.47 bits per heavy atom. The summed E-state index contributed by atoms with van der Waals surface area (Å²) in [4.78, 5) is 23.2. The molecule has 0 fully saturated rings. The summed E-state index contributed by atoms with van der Waals surface area (Å²) in [6.45, 7) is 5.58. The van der Waals surface area contributed by atoms with Crippen molar-refractivity contribution in [2.75, 3.05) is 0 Å². The number of aryl methyl sites for hydroxylation is 1. The zero-order chi connectivity index (χ0) is 12.6. The van der Waals surface area contributed by atoms with Crippen LogP contribution in [-0.2, 0) is 7.05 Å². The number of aromatic nitrogens is 1. The van der Waals surface area contributed by atoms with Crippen LogP contribution < -0.4 is 5.76 Å². The number of nitrogens with zero attached hydrogens (tertiary/aromatic N) is 1. The molecular formula is C13H13NO3. The number of fused-ring (bicyclic) bond motifs is 1. The molecule has 0 atom stereocenters. The number of hydrogen-bond donors (Lipinski definition) is 0. The Balaban J connectivity index is 2.56. The van der Waals surface area contributed by atoms with Gasteiger partial charge in [0.25, 0.3) is 0 Å². The van der Waals surface area contributed by atoms with Crippen LogP contribution in [0.4, 0.5) is 0 Å². The zero-order valence-corrected chi connectivity index (χ0v) is 9.82. The summed E-state index contributed by atoms with van der Waals surface area (Å²) in [5, 5.41) is 0. The van der Waals surface area contributed by atoms with Gasteiger partial charge < -0.3 is 4.42 Å². The van der Waals surface area contributed by atoms with Crippen molar-refractivity contribution in [3.8, 4) is 0 Å². The monoisotopic (exact) mass is 231 g/mol. The molecule has 0 saturated heterocycles. The highest BCUT2D eigenvalue weighted by atomic mass is 16.4. The Labute approximate surface area is 98.2 Å². The van der Waals surface area contributed by atoms with Crippen LogP contribution in [0.2, 0.25) is 0 Å². The van der Waals surface area contributed by atoms with Gasteiger partial charge in [-0.2, -0.15) is 0 Å². The number of ketones is 1. The molecule has 4 nitrogen and oxygen atoms in total. The Bertz CT molecular complexity index is 661. The van der Waals surface area contributed by atoms with Crippen molar-refractivity contribution in [1.82, 2.24) is 4.57 Å². The number of allylic oxidation sites excluding steroid dienone is 1. The lowest BCUT2D eigenvalue weighted by molar-refractivity contribution is 0.103. The van der Waals surface area contributed by atoms with Crippen LogP contribution in [0.15, 0.2) is 39.6 Å². The molecule has 0 radical (unpaired) electrons. The molecule has 0 N–H and O–H groups in total. The molecule has 1 heterocycles. The van der Waals surface area contributed by atoms with E-state index in [0.717, 1.165) is 0 Å². The topological polar surface area (TPSA) is 52.2 Å². The second-order valence-corrected chi connectivity index (χ2v) is 3.90. The summed E-state index contributed by atoms with van der Waals surface area (Å²) >= 11 is 0. The summed E-state index contributed by atoms with van der Waals surface area (Å²) in [5.74, 6) is -0.542. The molecular weight excluding hydrogens is 218 g/mol. The Morgan fingerprint density at radius 2 is 2.18 bits per heavy atom. The van der Waals surface area contributed by atoms with E-state index in [-0.39, 0.29) is 5.78 Å². The molecule has 2 rings (SSSR count). The van der Waals surface area contributed by atoms with E-state index in [1.165, 1.54) is 4.57 Å². The summed E-state index contributed by atoms with van der Waals surface area (Å²) in [6.07, 6.45) is 0.607. The van der Waals surface area contributed by atoms with Gasteiger partial charge in [-0.1, -0.05) is 13.5 Å². The first kappa shape index (κ1) is 11.4. The molecule has 0 unspecified atom stereocenters. The summed E-state index contributed by atoms with van der Waals surface area (Å²) in [7, 11) is 1.63. The standard InChI is InChI=1S/C13H13NO3/c1-4-8(2)12(15)9-5-6-10-11(7-9)17-13(16)14(10)3/h5-7H,2,4H2,1,3H3. The molecule has 1 aromatic heterocycles. The molecule has 1 aromatic carbocycles. The van der Waals surface area contributed by atoms with E-state index in [4.69, 9.17) is 4.42 Å². The Kier molecular flexibility index (Phi) is 2.71. The smallest absolute Gasteiger partial charge is 0.408 e. The first-order chi connectivity index (χ1) is 8.04. The fraction of sp³-hybridized carbons (Fsp3) is 0.231. The number of benzene rings is 1. The quantitative estimate of drug-likeness (QED) is 0.601. The summed E-state index contributed by atoms with van der Waals surface area (Å²) in [5.41, 5.74) is 2.14. The van der Waals surface area contributed by atoms with Crippen LogP contribution >= 0.6 is 0 Å². The summed E-state index contributed by atoms with van der Waals surface area (Å²) in [6, 6.07) is 4.97. The average Bonchev–Trinajstić information content (AvgIpc) is 2.62. The predicted octanol–water partition coefficient (Wildman–Crippen LogP) is 2.28. The van der Waals surface area contributed by atoms with Gasteiger partial charge in [-0.15, -0.1) is 0 Å². The molecule has 0 amide bonds. The van der Waals surface area contributed by atoms with E-state index in [0.29, 0.717) is 28.7 Å². The minimum Gasteiger partial charge on any atom is -0.408 e.